The van der Waals surface area contributed by atoms with Crippen molar-refractivity contribution >= 4 is 0 Å². The molecule has 1 aliphatic rings. The maximum absolute atomic E-state index is 6.00. The molecule has 0 aromatic carbocycles. The highest BCUT2D eigenvalue weighted by Gasteiger charge is 2.11. The van der Waals surface area contributed by atoms with Gasteiger partial charge < -0.3 is 10.5 Å². The van der Waals surface area contributed by atoms with E-state index in [9.17, 15) is 0 Å². The van der Waals surface area contributed by atoms with Crippen LogP contribution in [-0.2, 0) is 4.74 Å². The van der Waals surface area contributed by atoms with E-state index in [0.717, 1.165) is 39.1 Å². The molecule has 0 spiro atoms. The summed E-state index contributed by atoms with van der Waals surface area (Å²) in [5, 5.41) is 0. The zero-order valence-corrected chi connectivity index (χ0v) is 11.7. The third-order valence-electron chi connectivity index (χ3n) is 3.43. The summed E-state index contributed by atoms with van der Waals surface area (Å²) in [6, 6.07) is 0. The lowest BCUT2D eigenvalue weighted by atomic mass is 9.99. The maximum Gasteiger partial charge on any atom is 0.0761 e. The summed E-state index contributed by atoms with van der Waals surface area (Å²) in [6.07, 6.45) is 11.0. The van der Waals surface area contributed by atoms with E-state index >= 15 is 0 Å². The predicted octanol–water partition coefficient (Wildman–Crippen LogP) is 2.54. The summed E-state index contributed by atoms with van der Waals surface area (Å²) in [5.41, 5.74) is 6.00. The molecule has 0 aliphatic carbocycles. The fourth-order valence-corrected chi connectivity index (χ4v) is 2.28. The van der Waals surface area contributed by atoms with E-state index in [-0.39, 0.29) is 6.17 Å². The van der Waals surface area contributed by atoms with Crippen molar-refractivity contribution in [3.05, 3.63) is 24.8 Å². The largest absolute Gasteiger partial charge is 0.381 e. The average molecular weight is 252 g/mol. The predicted molar refractivity (Wildman–Crippen MR) is 77.3 cm³/mol. The van der Waals surface area contributed by atoms with Gasteiger partial charge in [-0.05, 0) is 38.1 Å². The molecule has 1 heterocycles. The van der Waals surface area contributed by atoms with Gasteiger partial charge in [-0.3, -0.25) is 4.90 Å². The van der Waals surface area contributed by atoms with Crippen LogP contribution in [0.3, 0.4) is 0 Å². The zero-order valence-electron chi connectivity index (χ0n) is 11.7. The molecule has 1 fully saturated rings. The van der Waals surface area contributed by atoms with Gasteiger partial charge >= 0.3 is 0 Å². The smallest absolute Gasteiger partial charge is 0.0761 e. The minimum Gasteiger partial charge on any atom is -0.381 e. The number of nitrogens with two attached hydrogens (primary N) is 1. The van der Waals surface area contributed by atoms with E-state index in [1.807, 2.05) is 6.08 Å². The van der Waals surface area contributed by atoms with Gasteiger partial charge in [0, 0.05) is 19.8 Å². The minimum absolute atomic E-state index is 0.0126. The van der Waals surface area contributed by atoms with Gasteiger partial charge in [0.05, 0.1) is 6.17 Å². The molecule has 0 aromatic rings. The molecule has 2 N–H and O–H groups in total. The molecule has 18 heavy (non-hydrogen) atoms. The number of hydrogen-bond acceptors (Lipinski definition) is 3. The third-order valence-corrected chi connectivity index (χ3v) is 3.43. The Hall–Kier alpha value is -0.640. The van der Waals surface area contributed by atoms with Crippen molar-refractivity contribution in [1.82, 2.24) is 4.90 Å². The SMILES string of the molecule is C=CC(N)N(CCC)CC/C=C/C1CCOCC1. The lowest BCUT2D eigenvalue weighted by Crippen LogP contribution is -2.41. The van der Waals surface area contributed by atoms with Gasteiger partial charge in [0.25, 0.3) is 0 Å². The number of rotatable bonds is 8. The zero-order chi connectivity index (χ0) is 13.2. The van der Waals surface area contributed by atoms with Crippen LogP contribution in [0.5, 0.6) is 0 Å². The van der Waals surface area contributed by atoms with E-state index in [0.29, 0.717) is 5.92 Å². The van der Waals surface area contributed by atoms with E-state index in [1.54, 1.807) is 0 Å². The number of nitrogens with zero attached hydrogens (tertiary/aromatic N) is 1. The van der Waals surface area contributed by atoms with Gasteiger partial charge in [-0.1, -0.05) is 25.2 Å². The number of ether oxygens (including phenoxy) is 1. The molecular weight excluding hydrogens is 224 g/mol. The average Bonchev–Trinajstić information content (AvgIpc) is 2.42. The second-order valence-electron chi connectivity index (χ2n) is 4.93. The normalized spacial score (nSPS) is 19.5. The van der Waals surface area contributed by atoms with Crippen LogP contribution in [0, 0.1) is 5.92 Å². The highest BCUT2D eigenvalue weighted by Crippen LogP contribution is 2.16. The van der Waals surface area contributed by atoms with Gasteiger partial charge in [0.15, 0.2) is 0 Å². The molecule has 1 unspecified atom stereocenters. The Morgan fingerprint density at radius 3 is 2.72 bits per heavy atom. The summed E-state index contributed by atoms with van der Waals surface area (Å²) in [7, 11) is 0. The standard InChI is InChI=1S/C15H28N2O/c1-3-10-17(15(16)4-2)11-6-5-7-14-8-12-18-13-9-14/h4-5,7,14-15H,2-3,6,8-13,16H2,1H3/b7-5+. The van der Waals surface area contributed by atoms with Crippen molar-refractivity contribution in [2.75, 3.05) is 26.3 Å². The molecule has 3 nitrogen and oxygen atoms in total. The maximum atomic E-state index is 6.00. The van der Waals surface area contributed by atoms with E-state index in [4.69, 9.17) is 10.5 Å². The van der Waals surface area contributed by atoms with Gasteiger partial charge in [-0.25, -0.2) is 0 Å². The molecule has 0 bridgehead atoms. The molecule has 1 aliphatic heterocycles. The molecular formula is C15H28N2O. The molecule has 104 valence electrons. The molecule has 0 amide bonds. The lowest BCUT2D eigenvalue weighted by molar-refractivity contribution is 0.0784. The summed E-state index contributed by atoms with van der Waals surface area (Å²) >= 11 is 0. The highest BCUT2D eigenvalue weighted by molar-refractivity contribution is 4.91. The van der Waals surface area contributed by atoms with E-state index in [2.05, 4.69) is 30.6 Å². The quantitative estimate of drug-likeness (QED) is 0.533. The van der Waals surface area contributed by atoms with Crippen LogP contribution in [0.2, 0.25) is 0 Å². The Morgan fingerprint density at radius 2 is 2.11 bits per heavy atom. The van der Waals surface area contributed by atoms with Crippen molar-refractivity contribution in [3.63, 3.8) is 0 Å². The second-order valence-corrected chi connectivity index (χ2v) is 4.93. The summed E-state index contributed by atoms with van der Waals surface area (Å²) < 4.78 is 5.35. The first-order chi connectivity index (χ1) is 8.77. The molecule has 3 heteroatoms. The van der Waals surface area contributed by atoms with Crippen LogP contribution in [0.25, 0.3) is 0 Å². The van der Waals surface area contributed by atoms with Crippen molar-refractivity contribution in [1.29, 1.82) is 0 Å². The Morgan fingerprint density at radius 1 is 1.39 bits per heavy atom. The van der Waals surface area contributed by atoms with Crippen LogP contribution in [0.15, 0.2) is 24.8 Å². The molecule has 1 atom stereocenters. The summed E-state index contributed by atoms with van der Waals surface area (Å²) in [5.74, 6) is 0.714. The van der Waals surface area contributed by atoms with Gasteiger partial charge in [-0.2, -0.15) is 0 Å². The van der Waals surface area contributed by atoms with Crippen LogP contribution in [-0.4, -0.2) is 37.4 Å². The van der Waals surface area contributed by atoms with Gasteiger partial charge in [-0.15, -0.1) is 6.58 Å². The second kappa shape index (κ2) is 9.31. The van der Waals surface area contributed by atoms with Crippen LogP contribution >= 0.6 is 0 Å². The molecule has 0 saturated carbocycles. The number of hydrogen-bond donors (Lipinski definition) is 1. The van der Waals surface area contributed by atoms with Crippen molar-refractivity contribution in [2.45, 2.75) is 38.8 Å². The van der Waals surface area contributed by atoms with Crippen molar-refractivity contribution in [3.8, 4) is 0 Å². The van der Waals surface area contributed by atoms with Crippen molar-refractivity contribution < 1.29 is 4.74 Å². The number of allylic oxidation sites excluding steroid dienone is 1. The Labute approximate surface area is 112 Å². The van der Waals surface area contributed by atoms with E-state index < -0.39 is 0 Å². The first-order valence-corrected chi connectivity index (χ1v) is 7.14. The fourth-order valence-electron chi connectivity index (χ4n) is 2.28. The topological polar surface area (TPSA) is 38.5 Å². The first-order valence-electron chi connectivity index (χ1n) is 7.14. The van der Waals surface area contributed by atoms with Gasteiger partial charge in [0.2, 0.25) is 0 Å². The van der Waals surface area contributed by atoms with Crippen LogP contribution in [0.1, 0.15) is 32.6 Å². The molecule has 1 rings (SSSR count). The minimum atomic E-state index is -0.0126. The molecule has 0 aromatic heterocycles. The first kappa shape index (κ1) is 15.4. The molecule has 1 saturated heterocycles. The lowest BCUT2D eigenvalue weighted by Gasteiger charge is -2.25. The summed E-state index contributed by atoms with van der Waals surface area (Å²) in [4.78, 5) is 2.28. The van der Waals surface area contributed by atoms with Gasteiger partial charge in [0.1, 0.15) is 0 Å². The van der Waals surface area contributed by atoms with E-state index in [1.165, 1.54) is 12.8 Å². The Kier molecular flexibility index (Phi) is 7.98. The fraction of sp³-hybridized carbons (Fsp3) is 0.733. The molecule has 0 radical (unpaired) electrons. The third kappa shape index (κ3) is 5.80. The van der Waals surface area contributed by atoms with Crippen LogP contribution < -0.4 is 5.73 Å². The summed E-state index contributed by atoms with van der Waals surface area (Å²) in [6.45, 7) is 9.83. The Bertz CT molecular complexity index is 247. The van der Waals surface area contributed by atoms with Crippen LogP contribution in [0.4, 0.5) is 0 Å². The van der Waals surface area contributed by atoms with Crippen molar-refractivity contribution in [2.24, 2.45) is 11.7 Å². The monoisotopic (exact) mass is 252 g/mol. The Balaban J connectivity index is 2.24. The highest BCUT2D eigenvalue weighted by atomic mass is 16.5.